The molecular formula is C13H15F3N2O2. The molecule has 0 spiro atoms. The molecule has 1 aromatic rings. The molecule has 0 bridgehead atoms. The average molecular weight is 288 g/mol. The van der Waals surface area contributed by atoms with Crippen LogP contribution in [0.3, 0.4) is 0 Å². The Balaban J connectivity index is 2.35. The predicted octanol–water partition coefficient (Wildman–Crippen LogP) is 3.25. The van der Waals surface area contributed by atoms with E-state index in [4.69, 9.17) is 0 Å². The van der Waals surface area contributed by atoms with Gasteiger partial charge in [-0.25, -0.2) is 0 Å². The predicted molar refractivity (Wildman–Crippen MR) is 67.5 cm³/mol. The zero-order valence-corrected chi connectivity index (χ0v) is 11.2. The van der Waals surface area contributed by atoms with Gasteiger partial charge in [0.15, 0.2) is 0 Å². The molecular weight excluding hydrogens is 273 g/mol. The van der Waals surface area contributed by atoms with Crippen LogP contribution in [-0.2, 0) is 12.0 Å². The maximum Gasteiger partial charge on any atom is 0.401 e. The van der Waals surface area contributed by atoms with Gasteiger partial charge in [0.25, 0.3) is 5.69 Å². The van der Waals surface area contributed by atoms with E-state index in [-0.39, 0.29) is 18.8 Å². The van der Waals surface area contributed by atoms with Crippen LogP contribution >= 0.6 is 0 Å². The minimum atomic E-state index is -4.27. The number of hydrogen-bond donors (Lipinski definition) is 0. The van der Waals surface area contributed by atoms with Gasteiger partial charge < -0.3 is 0 Å². The quantitative estimate of drug-likeness (QED) is 0.620. The summed E-state index contributed by atoms with van der Waals surface area (Å²) in [6, 6.07) is 4.43. The van der Waals surface area contributed by atoms with E-state index in [1.54, 1.807) is 6.07 Å². The number of benzene rings is 1. The van der Waals surface area contributed by atoms with Gasteiger partial charge in [-0.3, -0.25) is 15.0 Å². The van der Waals surface area contributed by atoms with Crippen molar-refractivity contribution in [1.82, 2.24) is 4.90 Å². The van der Waals surface area contributed by atoms with Crippen molar-refractivity contribution in [3.05, 3.63) is 39.4 Å². The third-order valence-corrected chi connectivity index (χ3v) is 3.44. The topological polar surface area (TPSA) is 46.4 Å². The van der Waals surface area contributed by atoms with Gasteiger partial charge in [0.05, 0.1) is 11.5 Å². The van der Waals surface area contributed by atoms with E-state index in [0.29, 0.717) is 5.56 Å². The van der Waals surface area contributed by atoms with E-state index in [1.807, 2.05) is 13.8 Å². The Bertz CT molecular complexity index is 541. The molecule has 110 valence electrons. The SMILES string of the molecule is CC1(C)CN(CC(F)(F)F)Cc2cc([N+](=O)[O-])ccc21. The lowest BCUT2D eigenvalue weighted by Crippen LogP contribution is -2.45. The van der Waals surface area contributed by atoms with Crippen LogP contribution in [0.5, 0.6) is 0 Å². The second-order valence-electron chi connectivity index (χ2n) is 5.74. The van der Waals surface area contributed by atoms with E-state index in [0.717, 1.165) is 5.56 Å². The van der Waals surface area contributed by atoms with Gasteiger partial charge in [-0.05, 0) is 11.1 Å². The van der Waals surface area contributed by atoms with Gasteiger partial charge in [-0.1, -0.05) is 19.9 Å². The van der Waals surface area contributed by atoms with Crippen LogP contribution in [-0.4, -0.2) is 29.1 Å². The van der Waals surface area contributed by atoms with Gasteiger partial charge in [-0.2, -0.15) is 13.2 Å². The van der Waals surface area contributed by atoms with Crippen LogP contribution in [0.25, 0.3) is 0 Å². The fraction of sp³-hybridized carbons (Fsp3) is 0.538. The van der Waals surface area contributed by atoms with Crippen molar-refractivity contribution in [3.63, 3.8) is 0 Å². The summed E-state index contributed by atoms with van der Waals surface area (Å²) in [6.07, 6.45) is -4.27. The third kappa shape index (κ3) is 3.09. The maximum absolute atomic E-state index is 12.5. The average Bonchev–Trinajstić information content (AvgIpc) is 2.24. The fourth-order valence-corrected chi connectivity index (χ4v) is 2.79. The smallest absolute Gasteiger partial charge is 0.290 e. The van der Waals surface area contributed by atoms with Crippen molar-refractivity contribution >= 4 is 5.69 Å². The largest absolute Gasteiger partial charge is 0.401 e. The summed E-state index contributed by atoms with van der Waals surface area (Å²) in [4.78, 5) is 11.5. The first-order valence-corrected chi connectivity index (χ1v) is 6.15. The molecule has 1 aliphatic rings. The van der Waals surface area contributed by atoms with E-state index < -0.39 is 23.1 Å². The monoisotopic (exact) mass is 288 g/mol. The molecule has 0 N–H and O–H groups in total. The number of nitrogens with zero attached hydrogens (tertiary/aromatic N) is 2. The Morgan fingerprint density at radius 1 is 1.40 bits per heavy atom. The molecule has 0 fully saturated rings. The molecule has 0 amide bonds. The van der Waals surface area contributed by atoms with Crippen LogP contribution in [0.15, 0.2) is 18.2 Å². The van der Waals surface area contributed by atoms with Crippen LogP contribution in [0.4, 0.5) is 18.9 Å². The molecule has 0 atom stereocenters. The molecule has 1 aliphatic heterocycles. The number of rotatable bonds is 2. The molecule has 1 aromatic carbocycles. The molecule has 0 saturated heterocycles. The van der Waals surface area contributed by atoms with E-state index in [2.05, 4.69) is 0 Å². The first-order chi connectivity index (χ1) is 9.08. The number of alkyl halides is 3. The van der Waals surface area contributed by atoms with Crippen molar-refractivity contribution in [3.8, 4) is 0 Å². The third-order valence-electron chi connectivity index (χ3n) is 3.44. The standard InChI is InChI=1S/C13H15F3N2O2/c1-12(2)7-17(8-13(14,15)16)6-9-5-10(18(19)20)3-4-11(9)12/h3-5H,6-8H2,1-2H3. The molecule has 0 unspecified atom stereocenters. The number of nitro benzene ring substituents is 1. The molecule has 0 aromatic heterocycles. The highest BCUT2D eigenvalue weighted by Gasteiger charge is 2.38. The van der Waals surface area contributed by atoms with Crippen LogP contribution in [0.2, 0.25) is 0 Å². The van der Waals surface area contributed by atoms with Crippen LogP contribution in [0.1, 0.15) is 25.0 Å². The van der Waals surface area contributed by atoms with Crippen molar-refractivity contribution in [1.29, 1.82) is 0 Å². The summed E-state index contributed by atoms with van der Waals surface area (Å²) < 4.78 is 37.6. The number of fused-ring (bicyclic) bond motifs is 1. The Kier molecular flexibility index (Phi) is 3.49. The fourth-order valence-electron chi connectivity index (χ4n) is 2.79. The van der Waals surface area contributed by atoms with Crippen molar-refractivity contribution in [2.45, 2.75) is 32.0 Å². The van der Waals surface area contributed by atoms with Gasteiger partial charge in [-0.15, -0.1) is 0 Å². The first kappa shape index (κ1) is 14.8. The highest BCUT2D eigenvalue weighted by Crippen LogP contribution is 2.36. The highest BCUT2D eigenvalue weighted by atomic mass is 19.4. The summed E-state index contributed by atoms with van der Waals surface area (Å²) >= 11 is 0. The lowest BCUT2D eigenvalue weighted by molar-refractivity contribution is -0.385. The molecule has 2 rings (SSSR count). The Hall–Kier alpha value is -1.63. The van der Waals surface area contributed by atoms with Crippen LogP contribution in [0, 0.1) is 10.1 Å². The minimum absolute atomic E-state index is 0.0833. The highest BCUT2D eigenvalue weighted by molar-refractivity contribution is 5.44. The minimum Gasteiger partial charge on any atom is -0.290 e. The molecule has 7 heteroatoms. The molecule has 20 heavy (non-hydrogen) atoms. The van der Waals surface area contributed by atoms with Crippen molar-refractivity contribution in [2.24, 2.45) is 0 Å². The number of hydrogen-bond acceptors (Lipinski definition) is 3. The zero-order valence-electron chi connectivity index (χ0n) is 11.2. The Morgan fingerprint density at radius 2 is 2.05 bits per heavy atom. The molecule has 4 nitrogen and oxygen atoms in total. The summed E-state index contributed by atoms with van der Waals surface area (Å²) in [6.45, 7) is 3.05. The maximum atomic E-state index is 12.5. The molecule has 1 heterocycles. The second-order valence-corrected chi connectivity index (χ2v) is 5.74. The number of non-ortho nitro benzene ring substituents is 1. The lowest BCUT2D eigenvalue weighted by atomic mass is 9.78. The Labute approximate surface area is 114 Å². The number of nitro groups is 1. The normalized spacial score (nSPS) is 18.6. The lowest BCUT2D eigenvalue weighted by Gasteiger charge is -2.40. The van der Waals surface area contributed by atoms with E-state index in [1.165, 1.54) is 17.0 Å². The van der Waals surface area contributed by atoms with E-state index >= 15 is 0 Å². The summed E-state index contributed by atoms with van der Waals surface area (Å²) in [5.41, 5.74) is 0.920. The zero-order chi connectivity index (χ0) is 15.1. The summed E-state index contributed by atoms with van der Waals surface area (Å²) in [5, 5.41) is 10.8. The van der Waals surface area contributed by atoms with Gasteiger partial charge in [0, 0.05) is 30.6 Å². The van der Waals surface area contributed by atoms with Crippen molar-refractivity contribution in [2.75, 3.05) is 13.1 Å². The first-order valence-electron chi connectivity index (χ1n) is 6.15. The molecule has 0 saturated carbocycles. The van der Waals surface area contributed by atoms with Crippen LogP contribution < -0.4 is 0 Å². The van der Waals surface area contributed by atoms with Gasteiger partial charge in [0.2, 0.25) is 0 Å². The van der Waals surface area contributed by atoms with Gasteiger partial charge >= 0.3 is 6.18 Å². The van der Waals surface area contributed by atoms with E-state index in [9.17, 15) is 23.3 Å². The molecule has 0 aliphatic carbocycles. The van der Waals surface area contributed by atoms with Crippen molar-refractivity contribution < 1.29 is 18.1 Å². The molecule has 0 radical (unpaired) electrons. The summed E-state index contributed by atoms with van der Waals surface area (Å²) in [5.74, 6) is 0. The Morgan fingerprint density at radius 3 is 2.60 bits per heavy atom. The number of halogens is 3. The summed E-state index contributed by atoms with van der Waals surface area (Å²) in [7, 11) is 0. The second kappa shape index (κ2) is 4.73. The van der Waals surface area contributed by atoms with Gasteiger partial charge in [0.1, 0.15) is 0 Å².